The van der Waals surface area contributed by atoms with Crippen molar-refractivity contribution in [3.05, 3.63) is 34.9 Å². The normalized spacial score (nSPS) is 16.2. The van der Waals surface area contributed by atoms with Crippen LogP contribution in [0.1, 0.15) is 12.5 Å². The number of benzene rings is 1. The van der Waals surface area contributed by atoms with E-state index in [1.165, 1.54) is 7.05 Å². The SMILES string of the molecule is CNC(=O)NC(=O)C(C)N1CCN(C(=O)Cc2ccccc2Cl)CC1. The molecule has 1 aliphatic heterocycles. The number of hydrogen-bond donors (Lipinski definition) is 2. The van der Waals surface area contributed by atoms with Gasteiger partial charge in [0.05, 0.1) is 12.5 Å². The van der Waals surface area contributed by atoms with E-state index in [0.717, 1.165) is 5.56 Å². The van der Waals surface area contributed by atoms with Gasteiger partial charge in [0.25, 0.3) is 0 Å². The summed E-state index contributed by atoms with van der Waals surface area (Å²) in [4.78, 5) is 39.4. The highest BCUT2D eigenvalue weighted by atomic mass is 35.5. The van der Waals surface area contributed by atoms with Gasteiger partial charge in [-0.15, -0.1) is 0 Å². The van der Waals surface area contributed by atoms with Crippen LogP contribution in [0.5, 0.6) is 0 Å². The van der Waals surface area contributed by atoms with E-state index in [2.05, 4.69) is 10.6 Å². The lowest BCUT2D eigenvalue weighted by molar-refractivity contribution is -0.133. The summed E-state index contributed by atoms with van der Waals surface area (Å²) in [5.74, 6) is -0.328. The predicted molar refractivity (Wildman–Crippen MR) is 95.4 cm³/mol. The standard InChI is InChI=1S/C17H23ClN4O3/c1-12(16(24)20-17(25)19-2)21-7-9-22(10-8-21)15(23)11-13-5-3-4-6-14(13)18/h3-6,12H,7-11H2,1-2H3,(H2,19,20,24,25). The third-order valence-electron chi connectivity index (χ3n) is 4.36. The molecule has 8 heteroatoms. The molecule has 1 aliphatic rings. The first-order chi connectivity index (χ1) is 11.9. The van der Waals surface area contributed by atoms with Crippen LogP contribution in [0.4, 0.5) is 4.79 Å². The van der Waals surface area contributed by atoms with Crippen molar-refractivity contribution < 1.29 is 14.4 Å². The predicted octanol–water partition coefficient (Wildman–Crippen LogP) is 0.871. The first-order valence-corrected chi connectivity index (χ1v) is 8.58. The van der Waals surface area contributed by atoms with Crippen LogP contribution >= 0.6 is 11.6 Å². The van der Waals surface area contributed by atoms with Crippen LogP contribution in [0.15, 0.2) is 24.3 Å². The molecule has 136 valence electrons. The lowest BCUT2D eigenvalue weighted by Gasteiger charge is -2.37. The maximum atomic E-state index is 12.4. The number of carbonyl (C=O) groups is 3. The molecule has 0 bridgehead atoms. The van der Waals surface area contributed by atoms with Crippen molar-refractivity contribution in [3.8, 4) is 0 Å². The third kappa shape index (κ3) is 5.17. The number of imide groups is 1. The van der Waals surface area contributed by atoms with Gasteiger partial charge in [-0.2, -0.15) is 0 Å². The highest BCUT2D eigenvalue weighted by molar-refractivity contribution is 6.31. The van der Waals surface area contributed by atoms with Gasteiger partial charge in [-0.05, 0) is 18.6 Å². The summed E-state index contributed by atoms with van der Waals surface area (Å²) < 4.78 is 0. The maximum absolute atomic E-state index is 12.4. The molecule has 2 N–H and O–H groups in total. The minimum absolute atomic E-state index is 0.0233. The number of urea groups is 1. The molecule has 1 aromatic carbocycles. The molecule has 1 heterocycles. The van der Waals surface area contributed by atoms with Crippen LogP contribution in [0.3, 0.4) is 0 Å². The molecule has 7 nitrogen and oxygen atoms in total. The number of carbonyl (C=O) groups excluding carboxylic acids is 3. The molecule has 1 aromatic rings. The van der Waals surface area contributed by atoms with Gasteiger partial charge >= 0.3 is 6.03 Å². The molecule has 1 unspecified atom stereocenters. The Labute approximate surface area is 152 Å². The second-order valence-corrected chi connectivity index (χ2v) is 6.34. The summed E-state index contributed by atoms with van der Waals surface area (Å²) in [6, 6.07) is 6.36. The topological polar surface area (TPSA) is 81.8 Å². The van der Waals surface area contributed by atoms with E-state index in [1.807, 2.05) is 23.1 Å². The monoisotopic (exact) mass is 366 g/mol. The third-order valence-corrected chi connectivity index (χ3v) is 4.73. The molecule has 1 fully saturated rings. The molecule has 0 radical (unpaired) electrons. The quantitative estimate of drug-likeness (QED) is 0.828. The number of halogens is 1. The Kier molecular flexibility index (Phi) is 6.78. The number of hydrogen-bond acceptors (Lipinski definition) is 4. The van der Waals surface area contributed by atoms with Crippen molar-refractivity contribution in [2.24, 2.45) is 0 Å². The van der Waals surface area contributed by atoms with Crippen molar-refractivity contribution in [1.29, 1.82) is 0 Å². The Morgan fingerprint density at radius 1 is 1.16 bits per heavy atom. The van der Waals surface area contributed by atoms with Crippen LogP contribution in [-0.2, 0) is 16.0 Å². The molecule has 1 saturated heterocycles. The van der Waals surface area contributed by atoms with E-state index in [0.29, 0.717) is 31.2 Å². The average Bonchev–Trinajstić information content (AvgIpc) is 2.62. The number of nitrogens with zero attached hydrogens (tertiary/aromatic N) is 2. The van der Waals surface area contributed by atoms with Crippen LogP contribution in [-0.4, -0.2) is 66.9 Å². The number of rotatable bonds is 4. The van der Waals surface area contributed by atoms with E-state index in [4.69, 9.17) is 11.6 Å². The van der Waals surface area contributed by atoms with Crippen molar-refractivity contribution in [3.63, 3.8) is 0 Å². The summed E-state index contributed by atoms with van der Waals surface area (Å²) in [5.41, 5.74) is 0.815. The van der Waals surface area contributed by atoms with Crippen LogP contribution in [0.25, 0.3) is 0 Å². The number of nitrogens with one attached hydrogen (secondary N) is 2. The number of piperazine rings is 1. The van der Waals surface area contributed by atoms with Crippen molar-refractivity contribution in [2.45, 2.75) is 19.4 Å². The Bertz CT molecular complexity index is 645. The lowest BCUT2D eigenvalue weighted by Crippen LogP contribution is -2.56. The number of amides is 4. The van der Waals surface area contributed by atoms with Crippen molar-refractivity contribution in [1.82, 2.24) is 20.4 Å². The van der Waals surface area contributed by atoms with Crippen LogP contribution in [0.2, 0.25) is 5.02 Å². The second kappa shape index (κ2) is 8.82. The molecule has 0 spiro atoms. The fraction of sp³-hybridized carbons (Fsp3) is 0.471. The molecular formula is C17H23ClN4O3. The van der Waals surface area contributed by atoms with Crippen molar-refractivity contribution in [2.75, 3.05) is 33.2 Å². The first-order valence-electron chi connectivity index (χ1n) is 8.20. The van der Waals surface area contributed by atoms with E-state index < -0.39 is 12.1 Å². The van der Waals surface area contributed by atoms with Gasteiger partial charge in [0.1, 0.15) is 0 Å². The fourth-order valence-electron chi connectivity index (χ4n) is 2.72. The molecule has 0 saturated carbocycles. The van der Waals surface area contributed by atoms with Gasteiger partial charge in [0.15, 0.2) is 0 Å². The van der Waals surface area contributed by atoms with E-state index >= 15 is 0 Å². The van der Waals surface area contributed by atoms with Crippen molar-refractivity contribution >= 4 is 29.4 Å². The Morgan fingerprint density at radius 2 is 1.80 bits per heavy atom. The van der Waals surface area contributed by atoms with Gasteiger partial charge in [-0.25, -0.2) is 4.79 Å². The van der Waals surface area contributed by atoms with Gasteiger partial charge in [0, 0.05) is 38.2 Å². The zero-order chi connectivity index (χ0) is 18.4. The maximum Gasteiger partial charge on any atom is 0.321 e. The van der Waals surface area contributed by atoms with Gasteiger partial charge in [0.2, 0.25) is 11.8 Å². The van der Waals surface area contributed by atoms with Crippen LogP contribution in [0, 0.1) is 0 Å². The largest absolute Gasteiger partial charge is 0.341 e. The molecule has 0 aromatic heterocycles. The molecule has 4 amide bonds. The lowest BCUT2D eigenvalue weighted by atomic mass is 10.1. The molecule has 2 rings (SSSR count). The van der Waals surface area contributed by atoms with Gasteiger partial charge < -0.3 is 10.2 Å². The minimum Gasteiger partial charge on any atom is -0.341 e. The summed E-state index contributed by atoms with van der Waals surface area (Å²) >= 11 is 6.10. The summed E-state index contributed by atoms with van der Waals surface area (Å²) in [5, 5.41) is 5.22. The second-order valence-electron chi connectivity index (χ2n) is 5.93. The summed E-state index contributed by atoms with van der Waals surface area (Å²) in [6.07, 6.45) is 0.270. The highest BCUT2D eigenvalue weighted by Crippen LogP contribution is 2.17. The molecular weight excluding hydrogens is 344 g/mol. The Balaban J connectivity index is 1.84. The summed E-state index contributed by atoms with van der Waals surface area (Å²) in [6.45, 7) is 3.99. The summed E-state index contributed by atoms with van der Waals surface area (Å²) in [7, 11) is 1.46. The minimum atomic E-state index is -0.523. The zero-order valence-electron chi connectivity index (χ0n) is 14.4. The highest BCUT2D eigenvalue weighted by Gasteiger charge is 2.28. The Hall–Kier alpha value is -2.12. The van der Waals surface area contributed by atoms with Gasteiger partial charge in [-0.3, -0.25) is 19.8 Å². The van der Waals surface area contributed by atoms with E-state index in [1.54, 1.807) is 17.9 Å². The molecule has 25 heavy (non-hydrogen) atoms. The van der Waals surface area contributed by atoms with E-state index in [-0.39, 0.29) is 18.2 Å². The smallest absolute Gasteiger partial charge is 0.321 e. The fourth-order valence-corrected chi connectivity index (χ4v) is 2.92. The van der Waals surface area contributed by atoms with Gasteiger partial charge in [-0.1, -0.05) is 29.8 Å². The first kappa shape index (κ1) is 19.2. The zero-order valence-corrected chi connectivity index (χ0v) is 15.2. The van der Waals surface area contributed by atoms with Crippen LogP contribution < -0.4 is 10.6 Å². The average molecular weight is 367 g/mol. The molecule has 0 aliphatic carbocycles. The Morgan fingerprint density at radius 3 is 2.40 bits per heavy atom. The molecule has 1 atom stereocenters. The van der Waals surface area contributed by atoms with E-state index in [9.17, 15) is 14.4 Å².